The zero-order valence-corrected chi connectivity index (χ0v) is 17.8. The summed E-state index contributed by atoms with van der Waals surface area (Å²) in [4.78, 5) is 0. The van der Waals surface area contributed by atoms with Crippen LogP contribution in [0.25, 0.3) is 0 Å². The molecule has 3 aromatic carbocycles. The van der Waals surface area contributed by atoms with Crippen LogP contribution in [-0.4, -0.2) is 21.1 Å². The number of aromatic nitrogens is 3. The highest BCUT2D eigenvalue weighted by molar-refractivity contribution is 7.98. The van der Waals surface area contributed by atoms with E-state index in [0.29, 0.717) is 12.4 Å². The number of thioether (sulfide) groups is 1. The summed E-state index contributed by atoms with van der Waals surface area (Å²) in [5.74, 6) is 1.25. The van der Waals surface area contributed by atoms with Crippen LogP contribution in [0.2, 0.25) is 0 Å². The van der Waals surface area contributed by atoms with Gasteiger partial charge in [-0.2, -0.15) is 9.78 Å². The highest BCUT2D eigenvalue weighted by atomic mass is 32.2. The number of hydrogen-bond acceptors (Lipinski definition) is 5. The highest BCUT2D eigenvalue weighted by Gasteiger charge is 2.05. The third-order valence-electron chi connectivity index (χ3n) is 4.50. The summed E-state index contributed by atoms with van der Waals surface area (Å²) in [6, 6.07) is 22.3. The van der Waals surface area contributed by atoms with E-state index in [1.165, 1.54) is 23.3 Å². The Labute approximate surface area is 184 Å². The predicted octanol–water partition coefficient (Wildman–Crippen LogP) is 5.48. The lowest BCUT2D eigenvalue weighted by molar-refractivity contribution is 0.306. The average Bonchev–Trinajstić information content (AvgIpc) is 3.25. The third kappa shape index (κ3) is 6.02. The van der Waals surface area contributed by atoms with Crippen molar-refractivity contribution in [1.82, 2.24) is 14.9 Å². The maximum Gasteiger partial charge on any atom is 0.212 e. The standard InChI is InChI=1S/C24H21FN4OS/c1-18-5-7-20(8-6-18)16-31-24-28-26-17-29(24)27-14-21-3-2-4-23(13-21)30-15-19-9-11-22(25)12-10-19/h2-14,17H,15-16H2,1H3/b27-14+. The van der Waals surface area contributed by atoms with Crippen LogP contribution in [0, 0.1) is 12.7 Å². The first-order valence-electron chi connectivity index (χ1n) is 9.76. The highest BCUT2D eigenvalue weighted by Crippen LogP contribution is 2.21. The second kappa shape index (κ2) is 10.0. The molecule has 0 saturated carbocycles. The fraction of sp³-hybridized carbons (Fsp3) is 0.125. The maximum atomic E-state index is 13.0. The van der Waals surface area contributed by atoms with Crippen LogP contribution in [0.4, 0.5) is 4.39 Å². The van der Waals surface area contributed by atoms with Gasteiger partial charge >= 0.3 is 0 Å². The third-order valence-corrected chi connectivity index (χ3v) is 5.50. The first-order chi connectivity index (χ1) is 15.2. The lowest BCUT2D eigenvalue weighted by atomic mass is 10.2. The van der Waals surface area contributed by atoms with Gasteiger partial charge < -0.3 is 4.74 Å². The van der Waals surface area contributed by atoms with E-state index < -0.39 is 0 Å². The molecule has 0 aliphatic heterocycles. The van der Waals surface area contributed by atoms with E-state index in [4.69, 9.17) is 4.74 Å². The number of aryl methyl sites for hydroxylation is 1. The average molecular weight is 433 g/mol. The Balaban J connectivity index is 1.37. The molecule has 7 heteroatoms. The lowest BCUT2D eigenvalue weighted by Gasteiger charge is -2.07. The molecule has 0 amide bonds. The topological polar surface area (TPSA) is 52.3 Å². The Kier molecular flexibility index (Phi) is 6.74. The van der Waals surface area contributed by atoms with E-state index in [0.717, 1.165) is 22.0 Å². The van der Waals surface area contributed by atoms with Crippen LogP contribution < -0.4 is 4.74 Å². The molecule has 0 spiro atoms. The van der Waals surface area contributed by atoms with Crippen molar-refractivity contribution in [3.05, 3.63) is 107 Å². The SMILES string of the molecule is Cc1ccc(CSc2nncn2/N=C/c2cccc(OCc3ccc(F)cc3)c2)cc1. The fourth-order valence-electron chi connectivity index (χ4n) is 2.79. The minimum absolute atomic E-state index is 0.257. The molecule has 0 atom stereocenters. The summed E-state index contributed by atoms with van der Waals surface area (Å²) in [5, 5.41) is 13.3. The monoisotopic (exact) mass is 432 g/mol. The Bertz CT molecular complexity index is 1160. The molecule has 0 N–H and O–H groups in total. The van der Waals surface area contributed by atoms with E-state index in [1.807, 2.05) is 24.3 Å². The van der Waals surface area contributed by atoms with Crippen molar-refractivity contribution in [3.63, 3.8) is 0 Å². The van der Waals surface area contributed by atoms with Gasteiger partial charge in [-0.15, -0.1) is 10.2 Å². The summed E-state index contributed by atoms with van der Waals surface area (Å²) in [5.41, 5.74) is 4.26. The van der Waals surface area contributed by atoms with Crippen molar-refractivity contribution in [1.29, 1.82) is 0 Å². The van der Waals surface area contributed by atoms with Crippen LogP contribution in [0.15, 0.2) is 89.4 Å². The van der Waals surface area contributed by atoms with Crippen LogP contribution >= 0.6 is 11.8 Å². The van der Waals surface area contributed by atoms with Gasteiger partial charge in [-0.3, -0.25) is 0 Å². The molecule has 5 nitrogen and oxygen atoms in total. The quantitative estimate of drug-likeness (QED) is 0.273. The molecule has 1 aromatic heterocycles. The molecule has 0 bridgehead atoms. The molecule has 1 heterocycles. The predicted molar refractivity (Wildman–Crippen MR) is 121 cm³/mol. The Morgan fingerprint density at radius 3 is 2.61 bits per heavy atom. The number of hydrogen-bond donors (Lipinski definition) is 0. The molecule has 0 saturated heterocycles. The van der Waals surface area contributed by atoms with Gasteiger partial charge in [0.15, 0.2) is 0 Å². The van der Waals surface area contributed by atoms with Gasteiger partial charge in [0, 0.05) is 5.75 Å². The molecular formula is C24H21FN4OS. The van der Waals surface area contributed by atoms with Gasteiger partial charge in [0.2, 0.25) is 5.16 Å². The molecule has 4 aromatic rings. The summed E-state index contributed by atoms with van der Waals surface area (Å²) in [6.45, 7) is 2.44. The minimum Gasteiger partial charge on any atom is -0.489 e. The summed E-state index contributed by atoms with van der Waals surface area (Å²) >= 11 is 1.58. The van der Waals surface area contributed by atoms with E-state index >= 15 is 0 Å². The smallest absolute Gasteiger partial charge is 0.212 e. The molecule has 0 aliphatic rings. The van der Waals surface area contributed by atoms with Crippen molar-refractivity contribution in [2.24, 2.45) is 5.10 Å². The molecule has 4 rings (SSSR count). The molecule has 0 fully saturated rings. The van der Waals surface area contributed by atoms with Gasteiger partial charge in [0.25, 0.3) is 0 Å². The van der Waals surface area contributed by atoms with E-state index in [9.17, 15) is 4.39 Å². The molecule has 31 heavy (non-hydrogen) atoms. The van der Waals surface area contributed by atoms with Gasteiger partial charge in [-0.1, -0.05) is 65.9 Å². The molecule has 0 radical (unpaired) electrons. The molecule has 0 unspecified atom stereocenters. The fourth-order valence-corrected chi connectivity index (χ4v) is 3.61. The summed E-state index contributed by atoms with van der Waals surface area (Å²) in [7, 11) is 0. The number of ether oxygens (including phenoxy) is 1. The van der Waals surface area contributed by atoms with Crippen LogP contribution in [-0.2, 0) is 12.4 Å². The van der Waals surface area contributed by atoms with Crippen LogP contribution in [0.5, 0.6) is 5.75 Å². The van der Waals surface area contributed by atoms with Crippen molar-refractivity contribution in [2.75, 3.05) is 0 Å². The van der Waals surface area contributed by atoms with Gasteiger partial charge in [-0.05, 0) is 47.9 Å². The van der Waals surface area contributed by atoms with Gasteiger partial charge in [0.1, 0.15) is 24.5 Å². The zero-order chi connectivity index (χ0) is 21.5. The van der Waals surface area contributed by atoms with Crippen molar-refractivity contribution in [2.45, 2.75) is 24.4 Å². The van der Waals surface area contributed by atoms with Crippen molar-refractivity contribution >= 4 is 18.0 Å². The largest absolute Gasteiger partial charge is 0.489 e. The second-order valence-electron chi connectivity index (χ2n) is 6.96. The van der Waals surface area contributed by atoms with Gasteiger partial charge in [0.05, 0.1) is 6.21 Å². The summed E-state index contributed by atoms with van der Waals surface area (Å²) in [6.07, 6.45) is 3.33. The first-order valence-corrected chi connectivity index (χ1v) is 10.7. The molecule has 156 valence electrons. The Morgan fingerprint density at radius 2 is 1.81 bits per heavy atom. The number of benzene rings is 3. The van der Waals surface area contributed by atoms with Crippen LogP contribution in [0.1, 0.15) is 22.3 Å². The molecule has 0 aliphatic carbocycles. The number of nitrogens with zero attached hydrogens (tertiary/aromatic N) is 4. The van der Waals surface area contributed by atoms with Crippen LogP contribution in [0.3, 0.4) is 0 Å². The van der Waals surface area contributed by atoms with Crippen molar-refractivity contribution in [3.8, 4) is 5.75 Å². The first kappa shape index (κ1) is 20.8. The number of halogens is 1. The molecular weight excluding hydrogens is 411 g/mol. The van der Waals surface area contributed by atoms with E-state index in [2.05, 4.69) is 46.5 Å². The van der Waals surface area contributed by atoms with Gasteiger partial charge in [-0.25, -0.2) is 4.39 Å². The Hall–Kier alpha value is -3.45. The van der Waals surface area contributed by atoms with E-state index in [-0.39, 0.29) is 5.82 Å². The lowest BCUT2D eigenvalue weighted by Crippen LogP contribution is -1.96. The minimum atomic E-state index is -0.257. The zero-order valence-electron chi connectivity index (χ0n) is 17.0. The number of rotatable bonds is 8. The summed E-state index contributed by atoms with van der Waals surface area (Å²) < 4.78 is 20.5. The van der Waals surface area contributed by atoms with Crippen molar-refractivity contribution < 1.29 is 9.13 Å². The second-order valence-corrected chi connectivity index (χ2v) is 7.91. The Morgan fingerprint density at radius 1 is 1.03 bits per heavy atom. The van der Waals surface area contributed by atoms with E-state index in [1.54, 1.807) is 41.1 Å². The maximum absolute atomic E-state index is 13.0. The normalized spacial score (nSPS) is 11.2.